The lowest BCUT2D eigenvalue weighted by atomic mass is 10.0. The SMILES string of the molecule is C=CCCCCCCCCCCC[N+](CCCCCCCCCCCC=C)(Cc1ccccc1)Cc1ccccc1. The quantitative estimate of drug-likeness (QED) is 0.0553. The molecule has 2 rings (SSSR count). The molecule has 0 fully saturated rings. The van der Waals surface area contributed by atoms with Crippen molar-refractivity contribution in [2.24, 2.45) is 0 Å². The Morgan fingerprint density at radius 1 is 0.390 bits per heavy atom. The van der Waals surface area contributed by atoms with Crippen molar-refractivity contribution in [1.29, 1.82) is 0 Å². The van der Waals surface area contributed by atoms with Gasteiger partial charge in [-0.1, -0.05) is 150 Å². The summed E-state index contributed by atoms with van der Waals surface area (Å²) in [6, 6.07) is 22.6. The largest absolute Gasteiger partial charge is 0.316 e. The zero-order valence-corrected chi connectivity index (χ0v) is 26.8. The summed E-state index contributed by atoms with van der Waals surface area (Å²) in [5, 5.41) is 0. The van der Waals surface area contributed by atoms with Crippen LogP contribution in [0.1, 0.15) is 140 Å². The fourth-order valence-electron chi connectivity index (χ4n) is 6.37. The molecular weight excluding hydrogens is 494 g/mol. The first-order valence-corrected chi connectivity index (χ1v) is 17.4. The third-order valence-corrected chi connectivity index (χ3v) is 8.80. The van der Waals surface area contributed by atoms with Gasteiger partial charge >= 0.3 is 0 Å². The second-order valence-electron chi connectivity index (χ2n) is 12.6. The van der Waals surface area contributed by atoms with E-state index in [1.54, 1.807) is 0 Å². The monoisotopic (exact) mass is 559 g/mol. The van der Waals surface area contributed by atoms with Gasteiger partial charge in [0.2, 0.25) is 0 Å². The molecule has 0 unspecified atom stereocenters. The molecule has 0 aliphatic heterocycles. The molecule has 0 heterocycles. The summed E-state index contributed by atoms with van der Waals surface area (Å²) in [5.41, 5.74) is 2.99. The van der Waals surface area contributed by atoms with Crippen molar-refractivity contribution in [3.63, 3.8) is 0 Å². The molecule has 2 aromatic rings. The summed E-state index contributed by atoms with van der Waals surface area (Å²) >= 11 is 0. The van der Waals surface area contributed by atoms with Crippen LogP contribution < -0.4 is 0 Å². The van der Waals surface area contributed by atoms with Crippen molar-refractivity contribution < 1.29 is 4.48 Å². The molecule has 0 bridgehead atoms. The maximum absolute atomic E-state index is 3.84. The van der Waals surface area contributed by atoms with Crippen LogP contribution in [0.4, 0.5) is 0 Å². The molecule has 0 radical (unpaired) electrons. The summed E-state index contributed by atoms with van der Waals surface area (Å²) in [5.74, 6) is 0. The molecule has 0 saturated carbocycles. The van der Waals surface area contributed by atoms with Gasteiger partial charge in [-0.3, -0.25) is 0 Å². The van der Waals surface area contributed by atoms with Crippen LogP contribution in [-0.4, -0.2) is 17.6 Å². The van der Waals surface area contributed by atoms with E-state index in [-0.39, 0.29) is 0 Å². The molecule has 0 N–H and O–H groups in total. The van der Waals surface area contributed by atoms with Gasteiger partial charge in [-0.2, -0.15) is 0 Å². The lowest BCUT2D eigenvalue weighted by molar-refractivity contribution is -0.954. The third kappa shape index (κ3) is 18.1. The number of quaternary nitrogens is 1. The van der Waals surface area contributed by atoms with Gasteiger partial charge in [0.1, 0.15) is 13.1 Å². The maximum atomic E-state index is 3.84. The lowest BCUT2D eigenvalue weighted by Crippen LogP contribution is -2.48. The number of allylic oxidation sites excluding steroid dienone is 2. The van der Waals surface area contributed by atoms with E-state index in [1.165, 1.54) is 157 Å². The Morgan fingerprint density at radius 2 is 0.683 bits per heavy atom. The van der Waals surface area contributed by atoms with Gasteiger partial charge in [-0.05, 0) is 51.4 Å². The Balaban J connectivity index is 1.85. The Hall–Kier alpha value is -2.12. The van der Waals surface area contributed by atoms with Crippen LogP contribution in [-0.2, 0) is 13.1 Å². The number of hydrogen-bond acceptors (Lipinski definition) is 0. The second kappa shape index (κ2) is 24.5. The number of nitrogens with zero attached hydrogens (tertiary/aromatic N) is 1. The average molecular weight is 559 g/mol. The van der Waals surface area contributed by atoms with E-state index in [9.17, 15) is 0 Å². The predicted octanol–water partition coefficient (Wildman–Crippen LogP) is 12.4. The molecule has 41 heavy (non-hydrogen) atoms. The summed E-state index contributed by atoms with van der Waals surface area (Å²) in [4.78, 5) is 0. The molecular formula is C40H64N+. The van der Waals surface area contributed by atoms with Crippen molar-refractivity contribution in [2.75, 3.05) is 13.1 Å². The molecule has 228 valence electrons. The Bertz CT molecular complexity index is 781. The molecule has 2 aromatic carbocycles. The number of unbranched alkanes of at least 4 members (excludes halogenated alkanes) is 18. The number of rotatable bonds is 28. The standard InChI is InChI=1S/C40H64N/c1-3-5-7-9-11-13-15-17-19-21-29-35-41(37-39-31-25-23-26-32-39,38-40-33-27-24-28-34-40)36-30-22-20-18-16-14-12-10-8-6-4-2/h3-4,23-28,31-34H,1-2,5-22,29-30,35-38H2/q+1. The zero-order chi connectivity index (χ0) is 29.1. The van der Waals surface area contributed by atoms with Gasteiger partial charge in [-0.25, -0.2) is 0 Å². The predicted molar refractivity (Wildman–Crippen MR) is 183 cm³/mol. The highest BCUT2D eigenvalue weighted by atomic mass is 15.3. The molecule has 1 heteroatoms. The Kier molecular flexibility index (Phi) is 20.9. The molecule has 0 aliphatic rings. The highest BCUT2D eigenvalue weighted by Gasteiger charge is 2.27. The van der Waals surface area contributed by atoms with Crippen molar-refractivity contribution in [3.05, 3.63) is 97.1 Å². The highest BCUT2D eigenvalue weighted by molar-refractivity contribution is 5.15. The van der Waals surface area contributed by atoms with Crippen LogP contribution >= 0.6 is 0 Å². The van der Waals surface area contributed by atoms with Crippen LogP contribution in [0, 0.1) is 0 Å². The van der Waals surface area contributed by atoms with Crippen LogP contribution in [0.5, 0.6) is 0 Å². The van der Waals surface area contributed by atoms with Crippen LogP contribution in [0.15, 0.2) is 86.0 Å². The van der Waals surface area contributed by atoms with E-state index < -0.39 is 0 Å². The van der Waals surface area contributed by atoms with Gasteiger partial charge in [0, 0.05) is 11.1 Å². The van der Waals surface area contributed by atoms with Crippen molar-refractivity contribution in [1.82, 2.24) is 0 Å². The first kappa shape index (κ1) is 35.1. The van der Waals surface area contributed by atoms with Gasteiger partial charge in [0.05, 0.1) is 13.1 Å². The third-order valence-electron chi connectivity index (χ3n) is 8.80. The van der Waals surface area contributed by atoms with Crippen molar-refractivity contribution in [2.45, 2.75) is 142 Å². The molecule has 0 atom stereocenters. The van der Waals surface area contributed by atoms with E-state index in [1.807, 2.05) is 0 Å². The van der Waals surface area contributed by atoms with Gasteiger partial charge in [0.15, 0.2) is 0 Å². The summed E-state index contributed by atoms with van der Waals surface area (Å²) < 4.78 is 1.21. The minimum Gasteiger partial charge on any atom is -0.316 e. The van der Waals surface area contributed by atoms with Crippen LogP contribution in [0.3, 0.4) is 0 Å². The van der Waals surface area contributed by atoms with E-state index >= 15 is 0 Å². The summed E-state index contributed by atoms with van der Waals surface area (Å²) in [6.45, 7) is 12.6. The first-order valence-electron chi connectivity index (χ1n) is 17.4. The van der Waals surface area contributed by atoms with Gasteiger partial charge in [0.25, 0.3) is 0 Å². The molecule has 0 spiro atoms. The second-order valence-corrected chi connectivity index (χ2v) is 12.6. The average Bonchev–Trinajstić information content (AvgIpc) is 3.00. The summed E-state index contributed by atoms with van der Waals surface area (Å²) in [7, 11) is 0. The maximum Gasteiger partial charge on any atom is 0.105 e. The van der Waals surface area contributed by atoms with Gasteiger partial charge < -0.3 is 4.48 Å². The first-order chi connectivity index (χ1) is 20.3. The van der Waals surface area contributed by atoms with Crippen molar-refractivity contribution in [3.8, 4) is 0 Å². The zero-order valence-electron chi connectivity index (χ0n) is 26.8. The fourth-order valence-corrected chi connectivity index (χ4v) is 6.37. The molecule has 0 aromatic heterocycles. The Labute approximate surface area is 255 Å². The minimum absolute atomic E-state index is 1.16. The smallest absolute Gasteiger partial charge is 0.105 e. The molecule has 0 saturated heterocycles. The number of hydrogen-bond donors (Lipinski definition) is 0. The lowest BCUT2D eigenvalue weighted by Gasteiger charge is -2.39. The minimum atomic E-state index is 1.16. The molecule has 1 nitrogen and oxygen atoms in total. The normalized spacial score (nSPS) is 11.5. The van der Waals surface area contributed by atoms with Crippen LogP contribution in [0.25, 0.3) is 0 Å². The van der Waals surface area contributed by atoms with E-state index in [0.717, 1.165) is 13.1 Å². The summed E-state index contributed by atoms with van der Waals surface area (Å²) in [6.07, 6.45) is 31.4. The molecule has 0 amide bonds. The van der Waals surface area contributed by atoms with E-state index in [2.05, 4.69) is 86.0 Å². The van der Waals surface area contributed by atoms with Crippen molar-refractivity contribution >= 4 is 0 Å². The molecule has 0 aliphatic carbocycles. The highest BCUT2D eigenvalue weighted by Crippen LogP contribution is 2.24. The van der Waals surface area contributed by atoms with Crippen LogP contribution in [0.2, 0.25) is 0 Å². The fraction of sp³-hybridized carbons (Fsp3) is 0.600. The van der Waals surface area contributed by atoms with E-state index in [4.69, 9.17) is 0 Å². The Morgan fingerprint density at radius 3 is 1.00 bits per heavy atom. The van der Waals surface area contributed by atoms with E-state index in [0.29, 0.717) is 0 Å². The van der Waals surface area contributed by atoms with Gasteiger partial charge in [-0.15, -0.1) is 13.2 Å². The number of benzene rings is 2. The topological polar surface area (TPSA) is 0 Å².